The van der Waals surface area contributed by atoms with Crippen molar-refractivity contribution in [1.29, 1.82) is 0 Å². The summed E-state index contributed by atoms with van der Waals surface area (Å²) in [7, 11) is 1.38. The first-order chi connectivity index (χ1) is 15.5. The lowest BCUT2D eigenvalue weighted by molar-refractivity contribution is -0.132. The van der Waals surface area contributed by atoms with Gasteiger partial charge in [0.1, 0.15) is 12.4 Å². The van der Waals surface area contributed by atoms with Gasteiger partial charge in [-0.15, -0.1) is 12.4 Å². The summed E-state index contributed by atoms with van der Waals surface area (Å²) in [5, 5.41) is 4.44. The molecule has 2 fully saturated rings. The third-order valence-corrected chi connectivity index (χ3v) is 6.42. The first-order valence-corrected chi connectivity index (χ1v) is 11.2. The molecule has 2 aliphatic rings. The number of piperidine rings is 1. The van der Waals surface area contributed by atoms with Gasteiger partial charge < -0.3 is 0 Å². The molecule has 2 unspecified atom stereocenters. The van der Waals surface area contributed by atoms with E-state index in [0.717, 1.165) is 24.8 Å². The number of nitrogens with one attached hydrogen (secondary N) is 1. The van der Waals surface area contributed by atoms with Gasteiger partial charge in [-0.3, -0.25) is 24.0 Å². The summed E-state index contributed by atoms with van der Waals surface area (Å²) >= 11 is 4.73. The molecular weight excluding hydrogens is 467 g/mol. The highest BCUT2D eigenvalue weighted by atomic mass is 35.5. The molecular formula is C23H28ClFN4O3S. The Labute approximate surface area is 204 Å². The molecule has 1 aromatic heterocycles. The monoisotopic (exact) mass is 494 g/mol. The highest BCUT2D eigenvalue weighted by molar-refractivity contribution is 7.81. The average Bonchev–Trinajstić information content (AvgIpc) is 3.53. The molecule has 2 heterocycles. The summed E-state index contributed by atoms with van der Waals surface area (Å²) in [4.78, 5) is 31.5. The minimum absolute atomic E-state index is 0. The van der Waals surface area contributed by atoms with Crippen LogP contribution in [0.15, 0.2) is 42.1 Å². The minimum Gasteiger partial charge on any atom is -0.297 e. The molecule has 0 bridgehead atoms. The van der Waals surface area contributed by atoms with E-state index in [9.17, 15) is 14.0 Å². The molecule has 1 saturated heterocycles. The van der Waals surface area contributed by atoms with Crippen LogP contribution in [-0.4, -0.2) is 51.8 Å². The second kappa shape index (κ2) is 11.3. The van der Waals surface area contributed by atoms with Crippen molar-refractivity contribution in [2.45, 2.75) is 37.1 Å². The Balaban J connectivity index is 0.00000306. The molecule has 1 amide bonds. The van der Waals surface area contributed by atoms with Crippen LogP contribution in [0, 0.1) is 11.7 Å². The molecule has 1 aliphatic heterocycles. The normalized spacial score (nSPS) is 20.8. The van der Waals surface area contributed by atoms with Crippen LogP contribution in [-0.2, 0) is 21.0 Å². The quantitative estimate of drug-likeness (QED) is 0.435. The summed E-state index contributed by atoms with van der Waals surface area (Å²) in [5.41, 5.74) is 4.40. The van der Waals surface area contributed by atoms with Crippen LogP contribution in [0.2, 0.25) is 0 Å². The lowest BCUT2D eigenvalue weighted by Crippen LogP contribution is -2.42. The van der Waals surface area contributed by atoms with Gasteiger partial charge in [-0.1, -0.05) is 18.2 Å². The molecule has 33 heavy (non-hydrogen) atoms. The summed E-state index contributed by atoms with van der Waals surface area (Å²) in [5.74, 6) is -0.537. The number of likely N-dealkylation sites (tertiary alicyclic amines) is 1. The molecule has 7 nitrogen and oxygen atoms in total. The SMILES string of the molecule is CONC(=O)Cn1ccc(/C=C2/CN(C(C(=O)C3CC3)c3ccccc3F)CCC2S)n1.Cl. The smallest absolute Gasteiger partial charge is 0.265 e. The standard InChI is InChI=1S/C23H27FN4O3S.ClH/c1-31-26-21(29)14-28-11-8-17(25-28)12-16-13-27(10-9-20(16)32)22(23(30)15-6-7-15)18-4-2-3-5-19(18)24;/h2-5,8,11-12,15,20,22,32H,6-7,9-10,13-14H2,1H3,(H,26,29);1H/b16-12-;. The summed E-state index contributed by atoms with van der Waals surface area (Å²) in [6, 6.07) is 7.77. The van der Waals surface area contributed by atoms with Crippen molar-refractivity contribution in [2.24, 2.45) is 5.92 Å². The molecule has 1 aromatic carbocycles. The number of hydroxylamine groups is 1. The second-order valence-electron chi connectivity index (χ2n) is 8.26. The fourth-order valence-electron chi connectivity index (χ4n) is 4.10. The van der Waals surface area contributed by atoms with Gasteiger partial charge in [-0.05, 0) is 43.0 Å². The van der Waals surface area contributed by atoms with E-state index >= 15 is 0 Å². The van der Waals surface area contributed by atoms with Gasteiger partial charge in [0.05, 0.1) is 18.8 Å². The second-order valence-corrected chi connectivity index (χ2v) is 8.89. The summed E-state index contributed by atoms with van der Waals surface area (Å²) < 4.78 is 16.2. The average molecular weight is 495 g/mol. The van der Waals surface area contributed by atoms with E-state index in [-0.39, 0.29) is 47.6 Å². The molecule has 1 N–H and O–H groups in total. The molecule has 2 atom stereocenters. The van der Waals surface area contributed by atoms with Gasteiger partial charge >= 0.3 is 0 Å². The molecule has 4 rings (SSSR count). The zero-order chi connectivity index (χ0) is 22.7. The molecule has 2 aromatic rings. The zero-order valence-corrected chi connectivity index (χ0v) is 20.0. The Hall–Kier alpha value is -2.20. The van der Waals surface area contributed by atoms with Gasteiger partial charge in [-0.2, -0.15) is 17.7 Å². The van der Waals surface area contributed by atoms with Crippen molar-refractivity contribution < 1.29 is 18.8 Å². The van der Waals surface area contributed by atoms with Crippen molar-refractivity contribution in [3.63, 3.8) is 0 Å². The molecule has 10 heteroatoms. The van der Waals surface area contributed by atoms with Crippen molar-refractivity contribution in [3.8, 4) is 0 Å². The number of benzene rings is 1. The maximum Gasteiger partial charge on any atom is 0.265 e. The number of rotatable bonds is 8. The van der Waals surface area contributed by atoms with Gasteiger partial charge in [0, 0.05) is 36.0 Å². The van der Waals surface area contributed by atoms with Crippen molar-refractivity contribution in [1.82, 2.24) is 20.2 Å². The lowest BCUT2D eigenvalue weighted by atomic mass is 9.93. The third kappa shape index (κ3) is 6.23. The van der Waals surface area contributed by atoms with E-state index in [1.54, 1.807) is 24.4 Å². The Kier molecular flexibility index (Phi) is 8.69. The van der Waals surface area contributed by atoms with Crippen molar-refractivity contribution in [3.05, 3.63) is 59.2 Å². The fraction of sp³-hybridized carbons (Fsp3) is 0.435. The Morgan fingerprint density at radius 3 is 2.76 bits per heavy atom. The van der Waals surface area contributed by atoms with E-state index in [1.807, 2.05) is 12.1 Å². The van der Waals surface area contributed by atoms with Crippen LogP contribution < -0.4 is 5.48 Å². The third-order valence-electron chi connectivity index (χ3n) is 5.83. The van der Waals surface area contributed by atoms with Gasteiger partial charge in [0.2, 0.25) is 0 Å². The van der Waals surface area contributed by atoms with Crippen LogP contribution in [0.1, 0.15) is 36.6 Å². The van der Waals surface area contributed by atoms with Crippen LogP contribution in [0.25, 0.3) is 6.08 Å². The highest BCUT2D eigenvalue weighted by Crippen LogP contribution is 2.39. The Morgan fingerprint density at radius 2 is 2.06 bits per heavy atom. The van der Waals surface area contributed by atoms with Gasteiger partial charge in [0.25, 0.3) is 5.91 Å². The zero-order valence-electron chi connectivity index (χ0n) is 18.3. The molecule has 178 valence electrons. The maximum atomic E-state index is 14.7. The molecule has 0 spiro atoms. The highest BCUT2D eigenvalue weighted by Gasteiger charge is 2.40. The predicted molar refractivity (Wildman–Crippen MR) is 128 cm³/mol. The number of carbonyl (C=O) groups is 2. The fourth-order valence-corrected chi connectivity index (χ4v) is 4.37. The number of carbonyl (C=O) groups excluding carboxylic acids is 2. The largest absolute Gasteiger partial charge is 0.297 e. The van der Waals surface area contributed by atoms with Crippen LogP contribution >= 0.6 is 25.0 Å². The topological polar surface area (TPSA) is 76.5 Å². The predicted octanol–water partition coefficient (Wildman–Crippen LogP) is 3.23. The molecule has 1 aliphatic carbocycles. The van der Waals surface area contributed by atoms with E-state index in [1.165, 1.54) is 17.9 Å². The van der Waals surface area contributed by atoms with Crippen LogP contribution in [0.5, 0.6) is 0 Å². The van der Waals surface area contributed by atoms with Crippen LogP contribution in [0.3, 0.4) is 0 Å². The van der Waals surface area contributed by atoms with E-state index in [0.29, 0.717) is 24.3 Å². The first kappa shape index (κ1) is 25.4. The van der Waals surface area contributed by atoms with Crippen molar-refractivity contribution in [2.75, 3.05) is 20.2 Å². The number of nitrogens with zero attached hydrogens (tertiary/aromatic N) is 3. The van der Waals surface area contributed by atoms with E-state index in [2.05, 4.69) is 20.3 Å². The Morgan fingerprint density at radius 1 is 1.30 bits per heavy atom. The number of hydrogen-bond donors (Lipinski definition) is 2. The number of ketones is 1. The summed E-state index contributed by atoms with van der Waals surface area (Å²) in [6.07, 6.45) is 6.16. The van der Waals surface area contributed by atoms with Crippen LogP contribution in [0.4, 0.5) is 4.39 Å². The van der Waals surface area contributed by atoms with Gasteiger partial charge in [-0.25, -0.2) is 9.87 Å². The first-order valence-electron chi connectivity index (χ1n) is 10.7. The Bertz CT molecular complexity index is 1030. The minimum atomic E-state index is -0.594. The number of amides is 1. The van der Waals surface area contributed by atoms with Crippen molar-refractivity contribution >= 4 is 42.8 Å². The van der Waals surface area contributed by atoms with E-state index in [4.69, 9.17) is 12.6 Å². The molecule has 1 saturated carbocycles. The number of Topliss-reactive ketones (excluding diaryl/α,β-unsaturated/α-hetero) is 1. The van der Waals surface area contributed by atoms with E-state index < -0.39 is 6.04 Å². The molecule has 0 radical (unpaired) electrons. The number of hydrogen-bond acceptors (Lipinski definition) is 6. The van der Waals surface area contributed by atoms with Gasteiger partial charge in [0.15, 0.2) is 5.78 Å². The number of aromatic nitrogens is 2. The summed E-state index contributed by atoms with van der Waals surface area (Å²) in [6.45, 7) is 1.20. The lowest BCUT2D eigenvalue weighted by Gasteiger charge is -2.37. The number of halogens is 2. The maximum absolute atomic E-state index is 14.7. The number of thiol groups is 1.